The Hall–Kier alpha value is -1.88. The lowest BCUT2D eigenvalue weighted by Crippen LogP contribution is -2.34. The predicted molar refractivity (Wildman–Crippen MR) is 89.0 cm³/mol. The summed E-state index contributed by atoms with van der Waals surface area (Å²) in [6.45, 7) is 2.51. The number of amides is 2. The third-order valence-corrected chi connectivity index (χ3v) is 4.15. The van der Waals surface area contributed by atoms with Gasteiger partial charge in [0.15, 0.2) is 0 Å². The smallest absolute Gasteiger partial charge is 0.225 e. The van der Waals surface area contributed by atoms with Crippen molar-refractivity contribution in [3.05, 3.63) is 35.9 Å². The number of nitrogens with one attached hydrogen (secondary N) is 1. The van der Waals surface area contributed by atoms with Crippen molar-refractivity contribution in [2.75, 3.05) is 33.4 Å². The van der Waals surface area contributed by atoms with Crippen molar-refractivity contribution >= 4 is 11.8 Å². The van der Waals surface area contributed by atoms with Crippen molar-refractivity contribution in [3.63, 3.8) is 0 Å². The molecule has 1 saturated heterocycles. The first-order valence-electron chi connectivity index (χ1n) is 8.29. The van der Waals surface area contributed by atoms with Crippen LogP contribution in [0.3, 0.4) is 0 Å². The second-order valence-electron chi connectivity index (χ2n) is 5.97. The number of carbonyl (C=O) groups excluding carboxylic acids is 2. The van der Waals surface area contributed by atoms with Gasteiger partial charge in [-0.2, -0.15) is 0 Å². The molecule has 2 rings (SSSR count). The van der Waals surface area contributed by atoms with Crippen LogP contribution in [0.1, 0.15) is 24.8 Å². The van der Waals surface area contributed by atoms with E-state index in [1.54, 1.807) is 7.11 Å². The lowest BCUT2D eigenvalue weighted by molar-refractivity contribution is -0.129. The van der Waals surface area contributed by atoms with Gasteiger partial charge in [-0.05, 0) is 24.8 Å². The van der Waals surface area contributed by atoms with Crippen LogP contribution < -0.4 is 5.32 Å². The number of hydrogen-bond acceptors (Lipinski definition) is 3. The van der Waals surface area contributed by atoms with Gasteiger partial charge in [-0.3, -0.25) is 9.59 Å². The number of methoxy groups -OCH3 is 1. The Kier molecular flexibility index (Phi) is 7.07. The van der Waals surface area contributed by atoms with Crippen LogP contribution in [0, 0.1) is 5.92 Å². The van der Waals surface area contributed by atoms with E-state index in [2.05, 4.69) is 17.4 Å². The first kappa shape index (κ1) is 17.5. The minimum absolute atomic E-state index is 0.0139. The van der Waals surface area contributed by atoms with Gasteiger partial charge >= 0.3 is 0 Å². The van der Waals surface area contributed by atoms with Crippen LogP contribution in [0.15, 0.2) is 30.3 Å². The highest BCUT2D eigenvalue weighted by molar-refractivity contribution is 5.89. The van der Waals surface area contributed by atoms with E-state index in [1.807, 2.05) is 23.1 Å². The van der Waals surface area contributed by atoms with Crippen LogP contribution in [0.25, 0.3) is 0 Å². The fourth-order valence-electron chi connectivity index (χ4n) is 2.86. The molecule has 0 aromatic heterocycles. The molecule has 0 aliphatic carbocycles. The fraction of sp³-hybridized carbons (Fsp3) is 0.556. The summed E-state index contributed by atoms with van der Waals surface area (Å²) in [7, 11) is 1.64. The Labute approximate surface area is 138 Å². The number of aryl methyl sites for hydroxylation is 1. The van der Waals surface area contributed by atoms with Gasteiger partial charge < -0.3 is 15.0 Å². The van der Waals surface area contributed by atoms with Crippen molar-refractivity contribution < 1.29 is 14.3 Å². The Morgan fingerprint density at radius 1 is 1.30 bits per heavy atom. The van der Waals surface area contributed by atoms with E-state index < -0.39 is 0 Å². The minimum Gasteiger partial charge on any atom is -0.385 e. The maximum absolute atomic E-state index is 12.1. The molecule has 1 N–H and O–H groups in total. The average Bonchev–Trinajstić information content (AvgIpc) is 2.94. The third-order valence-electron chi connectivity index (χ3n) is 4.15. The summed E-state index contributed by atoms with van der Waals surface area (Å²) in [5.74, 6) is -0.128. The van der Waals surface area contributed by atoms with Gasteiger partial charge in [0.1, 0.15) is 0 Å². The van der Waals surface area contributed by atoms with E-state index in [-0.39, 0.29) is 17.7 Å². The summed E-state index contributed by atoms with van der Waals surface area (Å²) in [6, 6.07) is 10.3. The van der Waals surface area contributed by atoms with E-state index in [4.69, 9.17) is 4.74 Å². The second-order valence-corrected chi connectivity index (χ2v) is 5.97. The van der Waals surface area contributed by atoms with Crippen molar-refractivity contribution in [2.45, 2.75) is 25.7 Å². The number of ether oxygens (including phenoxy) is 1. The molecule has 0 radical (unpaired) electrons. The Balaban J connectivity index is 1.69. The Morgan fingerprint density at radius 3 is 2.83 bits per heavy atom. The number of carbonyl (C=O) groups is 2. The number of nitrogens with zero attached hydrogens (tertiary/aromatic N) is 1. The molecule has 1 unspecified atom stereocenters. The molecule has 5 nitrogen and oxygen atoms in total. The van der Waals surface area contributed by atoms with Gasteiger partial charge in [-0.1, -0.05) is 30.3 Å². The van der Waals surface area contributed by atoms with E-state index in [1.165, 1.54) is 5.56 Å². The summed E-state index contributed by atoms with van der Waals surface area (Å²) in [5.41, 5.74) is 1.28. The average molecular weight is 318 g/mol. The zero-order valence-electron chi connectivity index (χ0n) is 13.8. The van der Waals surface area contributed by atoms with Crippen molar-refractivity contribution in [1.29, 1.82) is 0 Å². The van der Waals surface area contributed by atoms with Gasteiger partial charge in [-0.25, -0.2) is 0 Å². The van der Waals surface area contributed by atoms with Crippen LogP contribution >= 0.6 is 0 Å². The predicted octanol–water partition coefficient (Wildman–Crippen LogP) is 1.62. The second kappa shape index (κ2) is 9.30. The van der Waals surface area contributed by atoms with Crippen LogP contribution in [-0.4, -0.2) is 50.1 Å². The molecular weight excluding hydrogens is 292 g/mol. The molecule has 0 spiro atoms. The van der Waals surface area contributed by atoms with Crippen molar-refractivity contribution in [1.82, 2.24) is 10.2 Å². The highest BCUT2D eigenvalue weighted by Gasteiger charge is 2.33. The number of rotatable bonds is 9. The topological polar surface area (TPSA) is 58.6 Å². The number of benzene rings is 1. The SMILES string of the molecule is COCCCNC(=O)C1CC(=O)N(CCCc2ccccc2)C1. The lowest BCUT2D eigenvalue weighted by atomic mass is 10.1. The molecule has 1 aromatic rings. The first-order valence-corrected chi connectivity index (χ1v) is 8.29. The largest absolute Gasteiger partial charge is 0.385 e. The molecule has 1 aliphatic heterocycles. The highest BCUT2D eigenvalue weighted by Crippen LogP contribution is 2.18. The van der Waals surface area contributed by atoms with E-state index in [9.17, 15) is 9.59 Å². The maximum Gasteiger partial charge on any atom is 0.225 e. The van der Waals surface area contributed by atoms with Gasteiger partial charge in [0, 0.05) is 39.8 Å². The fourth-order valence-corrected chi connectivity index (χ4v) is 2.86. The molecule has 1 heterocycles. The molecule has 23 heavy (non-hydrogen) atoms. The minimum atomic E-state index is -0.207. The summed E-state index contributed by atoms with van der Waals surface area (Å²) in [4.78, 5) is 25.9. The molecule has 0 saturated carbocycles. The van der Waals surface area contributed by atoms with E-state index >= 15 is 0 Å². The molecule has 1 aromatic carbocycles. The Morgan fingerprint density at radius 2 is 2.09 bits per heavy atom. The molecule has 2 amide bonds. The molecule has 5 heteroatoms. The van der Waals surface area contributed by atoms with Crippen molar-refractivity contribution in [2.24, 2.45) is 5.92 Å². The Bertz CT molecular complexity index is 504. The molecule has 0 bridgehead atoms. The normalized spacial score (nSPS) is 17.5. The van der Waals surface area contributed by atoms with Crippen molar-refractivity contribution in [3.8, 4) is 0 Å². The summed E-state index contributed by atoms with van der Waals surface area (Å²) >= 11 is 0. The standard InChI is InChI=1S/C18H26N2O3/c1-23-12-6-10-19-18(22)16-13-17(21)20(14-16)11-5-9-15-7-3-2-4-8-15/h2-4,7-8,16H,5-6,9-14H2,1H3,(H,19,22). The summed E-state index contributed by atoms with van der Waals surface area (Å²) in [5, 5.41) is 2.88. The van der Waals surface area contributed by atoms with Gasteiger partial charge in [0.25, 0.3) is 0 Å². The molecule has 126 valence electrons. The number of hydrogen-bond donors (Lipinski definition) is 1. The first-order chi connectivity index (χ1) is 11.2. The van der Waals surface area contributed by atoms with Crippen LogP contribution in [0.5, 0.6) is 0 Å². The van der Waals surface area contributed by atoms with Gasteiger partial charge in [0.05, 0.1) is 5.92 Å². The van der Waals surface area contributed by atoms with Gasteiger partial charge in [0.2, 0.25) is 11.8 Å². The molecule has 1 fully saturated rings. The molecular formula is C18H26N2O3. The monoisotopic (exact) mass is 318 g/mol. The molecule has 1 aliphatic rings. The highest BCUT2D eigenvalue weighted by atomic mass is 16.5. The van der Waals surface area contributed by atoms with E-state index in [0.717, 1.165) is 25.8 Å². The lowest BCUT2D eigenvalue weighted by Gasteiger charge is -2.16. The number of likely N-dealkylation sites (tertiary alicyclic amines) is 1. The molecule has 1 atom stereocenters. The van der Waals surface area contributed by atoms with Crippen LogP contribution in [0.4, 0.5) is 0 Å². The maximum atomic E-state index is 12.1. The quantitative estimate of drug-likeness (QED) is 0.704. The summed E-state index contributed by atoms with van der Waals surface area (Å²) < 4.78 is 4.95. The van der Waals surface area contributed by atoms with Crippen LogP contribution in [-0.2, 0) is 20.7 Å². The summed E-state index contributed by atoms with van der Waals surface area (Å²) in [6.07, 6.45) is 3.02. The van der Waals surface area contributed by atoms with E-state index in [0.29, 0.717) is 26.1 Å². The third kappa shape index (κ3) is 5.67. The van der Waals surface area contributed by atoms with Crippen LogP contribution in [0.2, 0.25) is 0 Å². The zero-order valence-corrected chi connectivity index (χ0v) is 13.8. The van der Waals surface area contributed by atoms with Gasteiger partial charge in [-0.15, -0.1) is 0 Å². The zero-order chi connectivity index (χ0) is 16.5.